The quantitative estimate of drug-likeness (QED) is 0.770. The van der Waals surface area contributed by atoms with Crippen LogP contribution in [0.3, 0.4) is 0 Å². The highest BCUT2D eigenvalue weighted by atomic mass is 16.3. The van der Waals surface area contributed by atoms with Gasteiger partial charge in [-0.3, -0.25) is 9.59 Å². The van der Waals surface area contributed by atoms with Crippen molar-refractivity contribution in [2.45, 2.75) is 46.1 Å². The SMILES string of the molecule is CCC1(O)CN(C(=O)CCNC(=O)C(C)(C)C)C1. The molecule has 1 saturated heterocycles. The zero-order chi connectivity index (χ0) is 14.0. The van der Waals surface area contributed by atoms with Crippen molar-refractivity contribution < 1.29 is 14.7 Å². The minimum Gasteiger partial charge on any atom is -0.386 e. The lowest BCUT2D eigenvalue weighted by molar-refractivity contribution is -0.155. The number of hydrogen-bond donors (Lipinski definition) is 2. The molecule has 0 radical (unpaired) electrons. The molecule has 1 fully saturated rings. The summed E-state index contributed by atoms with van der Waals surface area (Å²) in [4.78, 5) is 24.9. The summed E-state index contributed by atoms with van der Waals surface area (Å²) >= 11 is 0. The van der Waals surface area contributed by atoms with Crippen molar-refractivity contribution in [2.75, 3.05) is 19.6 Å². The molecule has 5 nitrogen and oxygen atoms in total. The fourth-order valence-corrected chi connectivity index (χ4v) is 1.77. The molecule has 0 aromatic heterocycles. The lowest BCUT2D eigenvalue weighted by atomic mass is 9.91. The van der Waals surface area contributed by atoms with Gasteiger partial charge in [-0.15, -0.1) is 0 Å². The Kier molecular flexibility index (Phi) is 4.37. The zero-order valence-corrected chi connectivity index (χ0v) is 11.7. The maximum Gasteiger partial charge on any atom is 0.225 e. The molecule has 0 spiro atoms. The standard InChI is InChI=1S/C13H24N2O3/c1-5-13(18)8-15(9-13)10(16)6-7-14-11(17)12(2,3)4/h18H,5-9H2,1-4H3,(H,14,17). The minimum absolute atomic E-state index is 0.0117. The third kappa shape index (κ3) is 3.70. The molecule has 0 aromatic rings. The number of carbonyl (C=O) groups is 2. The van der Waals surface area contributed by atoms with Gasteiger partial charge in [-0.25, -0.2) is 0 Å². The van der Waals surface area contributed by atoms with Crippen LogP contribution in [-0.4, -0.2) is 47.1 Å². The Balaban J connectivity index is 2.22. The first-order valence-electron chi connectivity index (χ1n) is 6.46. The summed E-state index contributed by atoms with van der Waals surface area (Å²) in [5.74, 6) is -0.0636. The summed E-state index contributed by atoms with van der Waals surface area (Å²) in [6.45, 7) is 8.59. The molecule has 1 aliphatic heterocycles. The number of likely N-dealkylation sites (tertiary alicyclic amines) is 1. The lowest BCUT2D eigenvalue weighted by Gasteiger charge is -2.46. The Labute approximate surface area is 109 Å². The van der Waals surface area contributed by atoms with Crippen LogP contribution in [0.5, 0.6) is 0 Å². The van der Waals surface area contributed by atoms with Crippen molar-refractivity contribution in [1.82, 2.24) is 10.2 Å². The van der Waals surface area contributed by atoms with Gasteiger partial charge in [0.15, 0.2) is 0 Å². The number of β-amino-alcohol motifs (C(OH)–C–C–N with tert-alkyl or cyclic N) is 1. The van der Waals surface area contributed by atoms with Crippen LogP contribution in [0.4, 0.5) is 0 Å². The highest BCUT2D eigenvalue weighted by Crippen LogP contribution is 2.24. The highest BCUT2D eigenvalue weighted by Gasteiger charge is 2.41. The van der Waals surface area contributed by atoms with Gasteiger partial charge in [-0.05, 0) is 6.42 Å². The van der Waals surface area contributed by atoms with Gasteiger partial charge in [-0.2, -0.15) is 0 Å². The number of nitrogens with one attached hydrogen (secondary N) is 1. The average Bonchev–Trinajstić information content (AvgIpc) is 2.23. The molecule has 0 atom stereocenters. The van der Waals surface area contributed by atoms with Gasteiger partial charge in [0.05, 0.1) is 18.7 Å². The first-order valence-corrected chi connectivity index (χ1v) is 6.46. The molecule has 0 aromatic carbocycles. The van der Waals surface area contributed by atoms with Gasteiger partial charge >= 0.3 is 0 Å². The van der Waals surface area contributed by atoms with Gasteiger partial charge in [-0.1, -0.05) is 27.7 Å². The van der Waals surface area contributed by atoms with E-state index in [9.17, 15) is 14.7 Å². The summed E-state index contributed by atoms with van der Waals surface area (Å²) in [7, 11) is 0. The largest absolute Gasteiger partial charge is 0.386 e. The van der Waals surface area contributed by atoms with Crippen molar-refractivity contribution in [3.05, 3.63) is 0 Å². The molecule has 1 rings (SSSR count). The maximum absolute atomic E-state index is 11.7. The normalized spacial score (nSPS) is 18.2. The average molecular weight is 256 g/mol. The van der Waals surface area contributed by atoms with Crippen LogP contribution in [0, 0.1) is 5.41 Å². The highest BCUT2D eigenvalue weighted by molar-refractivity contribution is 5.82. The monoisotopic (exact) mass is 256 g/mol. The van der Waals surface area contributed by atoms with Crippen LogP contribution in [0.25, 0.3) is 0 Å². The van der Waals surface area contributed by atoms with E-state index in [-0.39, 0.29) is 11.8 Å². The van der Waals surface area contributed by atoms with E-state index < -0.39 is 11.0 Å². The van der Waals surface area contributed by atoms with Gasteiger partial charge < -0.3 is 15.3 Å². The second-order valence-corrected chi connectivity index (χ2v) is 6.08. The third-order valence-electron chi connectivity index (χ3n) is 3.29. The van der Waals surface area contributed by atoms with E-state index in [1.165, 1.54) is 0 Å². The van der Waals surface area contributed by atoms with Crippen LogP contribution in [-0.2, 0) is 9.59 Å². The molecular weight excluding hydrogens is 232 g/mol. The molecule has 104 valence electrons. The first kappa shape index (κ1) is 15.0. The second kappa shape index (κ2) is 5.26. The van der Waals surface area contributed by atoms with E-state index in [4.69, 9.17) is 0 Å². The second-order valence-electron chi connectivity index (χ2n) is 6.08. The topological polar surface area (TPSA) is 69.6 Å². The van der Waals surface area contributed by atoms with Crippen LogP contribution >= 0.6 is 0 Å². The zero-order valence-electron chi connectivity index (χ0n) is 11.7. The molecule has 1 heterocycles. The Morgan fingerprint density at radius 1 is 1.33 bits per heavy atom. The van der Waals surface area contributed by atoms with E-state index in [0.717, 1.165) is 0 Å². The fourth-order valence-electron chi connectivity index (χ4n) is 1.77. The number of amides is 2. The number of aliphatic hydroxyl groups is 1. The van der Waals surface area contributed by atoms with Crippen molar-refractivity contribution in [1.29, 1.82) is 0 Å². The molecule has 18 heavy (non-hydrogen) atoms. The Hall–Kier alpha value is -1.10. The summed E-state index contributed by atoms with van der Waals surface area (Å²) in [6, 6.07) is 0. The summed E-state index contributed by atoms with van der Waals surface area (Å²) in [5, 5.41) is 12.5. The predicted molar refractivity (Wildman–Crippen MR) is 68.9 cm³/mol. The molecular formula is C13H24N2O3. The van der Waals surface area contributed by atoms with E-state index in [1.54, 1.807) is 4.90 Å². The van der Waals surface area contributed by atoms with Crippen LogP contribution < -0.4 is 5.32 Å². The Bertz CT molecular complexity index is 328. The summed E-state index contributed by atoms with van der Waals surface area (Å²) in [5.41, 5.74) is -1.12. The molecule has 0 unspecified atom stereocenters. The van der Waals surface area contributed by atoms with E-state index in [2.05, 4.69) is 5.32 Å². The molecule has 2 amide bonds. The van der Waals surface area contributed by atoms with Crippen molar-refractivity contribution in [3.8, 4) is 0 Å². The number of hydrogen-bond acceptors (Lipinski definition) is 3. The molecule has 0 aliphatic carbocycles. The summed E-state index contributed by atoms with van der Waals surface area (Å²) < 4.78 is 0. The predicted octanol–water partition coefficient (Wildman–Crippen LogP) is 0.522. The number of rotatable bonds is 4. The Morgan fingerprint density at radius 3 is 2.33 bits per heavy atom. The minimum atomic E-state index is -0.690. The summed E-state index contributed by atoms with van der Waals surface area (Å²) in [6.07, 6.45) is 0.957. The van der Waals surface area contributed by atoms with Crippen LogP contribution in [0.15, 0.2) is 0 Å². The first-order chi connectivity index (χ1) is 8.18. The van der Waals surface area contributed by atoms with E-state index in [1.807, 2.05) is 27.7 Å². The third-order valence-corrected chi connectivity index (χ3v) is 3.29. The molecule has 1 aliphatic rings. The van der Waals surface area contributed by atoms with Crippen LogP contribution in [0.1, 0.15) is 40.5 Å². The number of nitrogens with zero attached hydrogens (tertiary/aromatic N) is 1. The van der Waals surface area contributed by atoms with Crippen LogP contribution in [0.2, 0.25) is 0 Å². The van der Waals surface area contributed by atoms with Crippen molar-refractivity contribution in [3.63, 3.8) is 0 Å². The maximum atomic E-state index is 11.7. The Morgan fingerprint density at radius 2 is 1.89 bits per heavy atom. The van der Waals surface area contributed by atoms with Gasteiger partial charge in [0.25, 0.3) is 0 Å². The molecule has 5 heteroatoms. The molecule has 2 N–H and O–H groups in total. The number of carbonyl (C=O) groups excluding carboxylic acids is 2. The molecule has 0 bridgehead atoms. The van der Waals surface area contributed by atoms with Gasteiger partial charge in [0.2, 0.25) is 11.8 Å². The van der Waals surface area contributed by atoms with Gasteiger partial charge in [0.1, 0.15) is 0 Å². The lowest BCUT2D eigenvalue weighted by Crippen LogP contribution is -2.63. The smallest absolute Gasteiger partial charge is 0.225 e. The van der Waals surface area contributed by atoms with E-state index >= 15 is 0 Å². The molecule has 0 saturated carbocycles. The van der Waals surface area contributed by atoms with Crippen molar-refractivity contribution >= 4 is 11.8 Å². The van der Waals surface area contributed by atoms with Crippen molar-refractivity contribution in [2.24, 2.45) is 5.41 Å². The van der Waals surface area contributed by atoms with Gasteiger partial charge in [0, 0.05) is 18.4 Å². The van der Waals surface area contributed by atoms with E-state index in [0.29, 0.717) is 32.5 Å². The fraction of sp³-hybridized carbons (Fsp3) is 0.846.